The lowest BCUT2D eigenvalue weighted by atomic mass is 10.1. The second-order valence-corrected chi connectivity index (χ2v) is 7.97. The summed E-state index contributed by atoms with van der Waals surface area (Å²) in [6.07, 6.45) is 3.84. The molecule has 4 nitrogen and oxygen atoms in total. The quantitative estimate of drug-likeness (QED) is 0.841. The third-order valence-corrected chi connectivity index (χ3v) is 4.69. The molecular weight excluding hydrogens is 260 g/mol. The molecule has 0 aromatic rings. The molecule has 0 spiro atoms. The van der Waals surface area contributed by atoms with Gasteiger partial charge in [-0.25, -0.2) is 8.42 Å². The van der Waals surface area contributed by atoms with Gasteiger partial charge in [0.2, 0.25) is 0 Å². The molecule has 0 bridgehead atoms. The van der Waals surface area contributed by atoms with Gasteiger partial charge >= 0.3 is 0 Å². The van der Waals surface area contributed by atoms with E-state index in [1.807, 2.05) is 13.8 Å². The minimum Gasteiger partial charge on any atom is -0.324 e. The third-order valence-electron chi connectivity index (χ3n) is 3.00. The van der Waals surface area contributed by atoms with Crippen LogP contribution in [0.3, 0.4) is 0 Å². The van der Waals surface area contributed by atoms with Crippen molar-refractivity contribution < 1.29 is 8.42 Å². The fraction of sp³-hybridized carbons (Fsp3) is 1.00. The molecular formula is C11H25ClN2O2S. The lowest BCUT2D eigenvalue weighted by Gasteiger charge is -2.28. The summed E-state index contributed by atoms with van der Waals surface area (Å²) in [7, 11) is -2.87. The van der Waals surface area contributed by atoms with Crippen LogP contribution in [0, 0.1) is 0 Å². The van der Waals surface area contributed by atoms with Gasteiger partial charge in [0.1, 0.15) is 9.84 Å². The van der Waals surface area contributed by atoms with Crippen molar-refractivity contribution in [3.63, 3.8) is 0 Å². The molecule has 1 unspecified atom stereocenters. The Morgan fingerprint density at radius 2 is 1.88 bits per heavy atom. The Morgan fingerprint density at radius 1 is 1.29 bits per heavy atom. The maximum absolute atomic E-state index is 11.5. The summed E-state index contributed by atoms with van der Waals surface area (Å²) in [6, 6.07) is 0. The van der Waals surface area contributed by atoms with Crippen LogP contribution in [-0.2, 0) is 9.84 Å². The van der Waals surface area contributed by atoms with Gasteiger partial charge in [0.05, 0.1) is 5.25 Å². The maximum atomic E-state index is 11.5. The van der Waals surface area contributed by atoms with Crippen molar-refractivity contribution in [2.24, 2.45) is 5.73 Å². The number of nitrogens with two attached hydrogens (primary N) is 1. The predicted molar refractivity (Wildman–Crippen MR) is 74.4 cm³/mol. The van der Waals surface area contributed by atoms with E-state index >= 15 is 0 Å². The van der Waals surface area contributed by atoms with E-state index in [0.29, 0.717) is 0 Å². The lowest BCUT2D eigenvalue weighted by Crippen LogP contribution is -2.45. The van der Waals surface area contributed by atoms with Crippen molar-refractivity contribution in [2.45, 2.75) is 43.9 Å². The molecule has 1 saturated heterocycles. The number of rotatable bonds is 3. The molecule has 17 heavy (non-hydrogen) atoms. The minimum atomic E-state index is -2.87. The average molecular weight is 285 g/mol. The SMILES string of the molecule is CC(C)(N)CN1CCCC(S(C)(=O)=O)CC1.Cl. The fourth-order valence-corrected chi connectivity index (χ4v) is 3.42. The van der Waals surface area contributed by atoms with Crippen molar-refractivity contribution in [1.29, 1.82) is 0 Å². The zero-order valence-electron chi connectivity index (χ0n) is 11.0. The van der Waals surface area contributed by atoms with E-state index in [0.717, 1.165) is 38.9 Å². The van der Waals surface area contributed by atoms with Gasteiger partial charge in [-0.2, -0.15) is 0 Å². The van der Waals surface area contributed by atoms with Crippen LogP contribution >= 0.6 is 12.4 Å². The topological polar surface area (TPSA) is 63.4 Å². The second-order valence-electron chi connectivity index (χ2n) is 5.65. The summed E-state index contributed by atoms with van der Waals surface area (Å²) in [6.45, 7) is 6.66. The highest BCUT2D eigenvalue weighted by Crippen LogP contribution is 2.18. The number of likely N-dealkylation sites (tertiary alicyclic amines) is 1. The number of hydrogen-bond donors (Lipinski definition) is 1. The molecule has 0 aliphatic carbocycles. The minimum absolute atomic E-state index is 0. The van der Waals surface area contributed by atoms with Crippen LogP contribution in [0.5, 0.6) is 0 Å². The molecule has 1 rings (SSSR count). The number of nitrogens with zero attached hydrogens (tertiary/aromatic N) is 1. The number of hydrogen-bond acceptors (Lipinski definition) is 4. The molecule has 1 atom stereocenters. The van der Waals surface area contributed by atoms with Crippen LogP contribution < -0.4 is 5.73 Å². The van der Waals surface area contributed by atoms with Crippen molar-refractivity contribution in [3.05, 3.63) is 0 Å². The van der Waals surface area contributed by atoms with E-state index in [4.69, 9.17) is 5.73 Å². The first-order chi connectivity index (χ1) is 7.18. The Hall–Kier alpha value is 0.160. The smallest absolute Gasteiger partial charge is 0.150 e. The van der Waals surface area contributed by atoms with Crippen LogP contribution in [0.15, 0.2) is 0 Å². The Balaban J connectivity index is 0.00000256. The van der Waals surface area contributed by atoms with E-state index in [9.17, 15) is 8.42 Å². The van der Waals surface area contributed by atoms with Gasteiger partial charge in [-0.15, -0.1) is 12.4 Å². The zero-order chi connectivity index (χ0) is 12.4. The maximum Gasteiger partial charge on any atom is 0.150 e. The van der Waals surface area contributed by atoms with E-state index < -0.39 is 9.84 Å². The molecule has 1 aliphatic rings. The standard InChI is InChI=1S/C11H24N2O2S.ClH/c1-11(2,12)9-13-7-4-5-10(6-8-13)16(3,14)15;/h10H,4-9,12H2,1-3H3;1H. The van der Waals surface area contributed by atoms with Gasteiger partial charge in [-0.1, -0.05) is 0 Å². The van der Waals surface area contributed by atoms with Crippen LogP contribution in [0.1, 0.15) is 33.1 Å². The Morgan fingerprint density at radius 3 is 2.35 bits per heavy atom. The fourth-order valence-electron chi connectivity index (χ4n) is 2.29. The summed E-state index contributed by atoms with van der Waals surface area (Å²) < 4.78 is 23.0. The van der Waals surface area contributed by atoms with Crippen LogP contribution in [-0.4, -0.2) is 50.0 Å². The average Bonchev–Trinajstić information content (AvgIpc) is 2.25. The van der Waals surface area contributed by atoms with Gasteiger partial charge in [0.25, 0.3) is 0 Å². The molecule has 0 saturated carbocycles. The van der Waals surface area contributed by atoms with E-state index in [-0.39, 0.29) is 23.2 Å². The molecule has 1 aliphatic heterocycles. The molecule has 0 amide bonds. The molecule has 2 N–H and O–H groups in total. The van der Waals surface area contributed by atoms with Gasteiger partial charge in [-0.05, 0) is 46.2 Å². The van der Waals surface area contributed by atoms with E-state index in [1.165, 1.54) is 6.26 Å². The highest BCUT2D eigenvalue weighted by Gasteiger charge is 2.26. The molecule has 0 aromatic carbocycles. The van der Waals surface area contributed by atoms with Crippen LogP contribution in [0.25, 0.3) is 0 Å². The zero-order valence-corrected chi connectivity index (χ0v) is 12.6. The highest BCUT2D eigenvalue weighted by atomic mass is 35.5. The highest BCUT2D eigenvalue weighted by molar-refractivity contribution is 7.91. The van der Waals surface area contributed by atoms with Crippen molar-refractivity contribution >= 4 is 22.2 Å². The summed E-state index contributed by atoms with van der Waals surface area (Å²) in [5, 5.41) is -0.154. The lowest BCUT2D eigenvalue weighted by molar-refractivity contribution is 0.233. The first-order valence-corrected chi connectivity index (χ1v) is 7.84. The predicted octanol–water partition coefficient (Wildman–Crippen LogP) is 1.04. The Bertz CT molecular complexity index is 325. The Labute approximate surface area is 111 Å². The first kappa shape index (κ1) is 17.2. The second kappa shape index (κ2) is 6.36. The summed E-state index contributed by atoms with van der Waals surface area (Å²) >= 11 is 0. The van der Waals surface area contributed by atoms with Gasteiger partial charge < -0.3 is 10.6 Å². The monoisotopic (exact) mass is 284 g/mol. The first-order valence-electron chi connectivity index (χ1n) is 5.88. The summed E-state index contributed by atoms with van der Waals surface area (Å²) in [4.78, 5) is 2.28. The molecule has 0 aromatic heterocycles. The van der Waals surface area contributed by atoms with E-state index in [1.54, 1.807) is 0 Å². The van der Waals surface area contributed by atoms with Gasteiger partial charge in [0.15, 0.2) is 0 Å². The Kier molecular flexibility index (Phi) is 6.42. The van der Waals surface area contributed by atoms with Crippen LogP contribution in [0.2, 0.25) is 0 Å². The molecule has 104 valence electrons. The van der Waals surface area contributed by atoms with Gasteiger partial charge in [0, 0.05) is 18.3 Å². The van der Waals surface area contributed by atoms with Crippen molar-refractivity contribution in [1.82, 2.24) is 4.90 Å². The van der Waals surface area contributed by atoms with Crippen LogP contribution in [0.4, 0.5) is 0 Å². The molecule has 1 heterocycles. The van der Waals surface area contributed by atoms with Crippen molar-refractivity contribution in [3.8, 4) is 0 Å². The third kappa shape index (κ3) is 6.60. The summed E-state index contributed by atoms with van der Waals surface area (Å²) in [5.41, 5.74) is 5.77. The number of sulfone groups is 1. The molecule has 6 heteroatoms. The van der Waals surface area contributed by atoms with Gasteiger partial charge in [-0.3, -0.25) is 0 Å². The summed E-state index contributed by atoms with van der Waals surface area (Å²) in [5.74, 6) is 0. The molecule has 1 fully saturated rings. The van der Waals surface area contributed by atoms with E-state index in [2.05, 4.69) is 4.90 Å². The largest absolute Gasteiger partial charge is 0.324 e. The molecule has 0 radical (unpaired) electrons. The number of halogens is 1. The van der Waals surface area contributed by atoms with Crippen molar-refractivity contribution in [2.75, 3.05) is 25.9 Å². The normalized spacial score (nSPS) is 23.9.